The van der Waals surface area contributed by atoms with Crippen LogP contribution in [0.2, 0.25) is 0 Å². The topological polar surface area (TPSA) is 62.3 Å². The molecule has 1 aromatic heterocycles. The second-order valence-electron chi connectivity index (χ2n) is 5.25. The number of carboxylic acids is 1. The smallest absolute Gasteiger partial charge is 0.303 e. The second-order valence-corrected chi connectivity index (χ2v) is 5.25. The van der Waals surface area contributed by atoms with Gasteiger partial charge in [-0.05, 0) is 31.4 Å². The SMILES string of the molecule is CC1(CCC(=O)O)OCCc2c1[nH]c1ccccc21. The predicted molar refractivity (Wildman–Crippen MR) is 72.2 cm³/mol. The lowest BCUT2D eigenvalue weighted by molar-refractivity contribution is -0.139. The maximum Gasteiger partial charge on any atom is 0.303 e. The van der Waals surface area contributed by atoms with Crippen molar-refractivity contribution in [3.8, 4) is 0 Å². The van der Waals surface area contributed by atoms with E-state index in [1.165, 1.54) is 10.9 Å². The number of aliphatic carboxylic acids is 1. The summed E-state index contributed by atoms with van der Waals surface area (Å²) in [6.45, 7) is 2.62. The fourth-order valence-corrected chi connectivity index (χ4v) is 2.90. The summed E-state index contributed by atoms with van der Waals surface area (Å²) < 4.78 is 5.88. The summed E-state index contributed by atoms with van der Waals surface area (Å²) in [6.07, 6.45) is 1.48. The van der Waals surface area contributed by atoms with Crippen LogP contribution in [0.4, 0.5) is 0 Å². The molecule has 1 aliphatic rings. The standard InChI is InChI=1S/C15H17NO3/c1-15(8-6-13(17)18)14-11(7-9-19-15)10-4-2-3-5-12(10)16-14/h2-5,16H,6-9H2,1H3,(H,17,18). The number of carboxylic acid groups (broad SMARTS) is 1. The number of hydrogen-bond donors (Lipinski definition) is 2. The van der Waals surface area contributed by atoms with Crippen LogP contribution >= 0.6 is 0 Å². The Morgan fingerprint density at radius 3 is 3.05 bits per heavy atom. The maximum atomic E-state index is 10.8. The Labute approximate surface area is 111 Å². The molecule has 2 aromatic rings. The van der Waals surface area contributed by atoms with Crippen LogP contribution in [0.3, 0.4) is 0 Å². The van der Waals surface area contributed by atoms with Gasteiger partial charge < -0.3 is 14.8 Å². The van der Waals surface area contributed by atoms with Gasteiger partial charge in [-0.15, -0.1) is 0 Å². The van der Waals surface area contributed by atoms with Crippen molar-refractivity contribution in [2.45, 2.75) is 31.8 Å². The van der Waals surface area contributed by atoms with Gasteiger partial charge in [0.2, 0.25) is 0 Å². The minimum absolute atomic E-state index is 0.116. The molecule has 0 aliphatic carbocycles. The van der Waals surface area contributed by atoms with Crippen LogP contribution in [0.25, 0.3) is 10.9 Å². The van der Waals surface area contributed by atoms with Gasteiger partial charge in [-0.1, -0.05) is 18.2 Å². The lowest BCUT2D eigenvalue weighted by Gasteiger charge is -2.33. The maximum absolute atomic E-state index is 10.8. The van der Waals surface area contributed by atoms with Crippen LogP contribution in [-0.2, 0) is 21.6 Å². The minimum Gasteiger partial charge on any atom is -0.481 e. The van der Waals surface area contributed by atoms with Crippen molar-refractivity contribution in [1.29, 1.82) is 0 Å². The van der Waals surface area contributed by atoms with E-state index in [1.54, 1.807) is 0 Å². The van der Waals surface area contributed by atoms with E-state index in [4.69, 9.17) is 9.84 Å². The molecule has 4 nitrogen and oxygen atoms in total. The third-order valence-electron chi connectivity index (χ3n) is 3.93. The molecule has 19 heavy (non-hydrogen) atoms. The molecule has 1 aliphatic heterocycles. The molecule has 0 spiro atoms. The molecule has 1 atom stereocenters. The van der Waals surface area contributed by atoms with Crippen molar-refractivity contribution >= 4 is 16.9 Å². The summed E-state index contributed by atoms with van der Waals surface area (Å²) in [5.74, 6) is -0.784. The highest BCUT2D eigenvalue weighted by atomic mass is 16.5. The first kappa shape index (κ1) is 12.2. The quantitative estimate of drug-likeness (QED) is 0.891. The number of nitrogens with one attached hydrogen (secondary N) is 1. The number of para-hydroxylation sites is 1. The highest BCUT2D eigenvalue weighted by Gasteiger charge is 2.36. The average molecular weight is 259 g/mol. The number of benzene rings is 1. The van der Waals surface area contributed by atoms with Crippen LogP contribution in [0.1, 0.15) is 31.0 Å². The van der Waals surface area contributed by atoms with Crippen molar-refractivity contribution in [2.24, 2.45) is 0 Å². The van der Waals surface area contributed by atoms with Gasteiger partial charge in [-0.3, -0.25) is 4.79 Å². The van der Waals surface area contributed by atoms with Gasteiger partial charge in [0, 0.05) is 17.3 Å². The van der Waals surface area contributed by atoms with E-state index in [0.717, 1.165) is 17.6 Å². The first-order chi connectivity index (χ1) is 9.10. The van der Waals surface area contributed by atoms with Crippen molar-refractivity contribution in [2.75, 3.05) is 6.61 Å². The number of fused-ring (bicyclic) bond motifs is 3. The fourth-order valence-electron chi connectivity index (χ4n) is 2.90. The Kier molecular flexibility index (Phi) is 2.82. The summed E-state index contributed by atoms with van der Waals surface area (Å²) >= 11 is 0. The number of ether oxygens (including phenoxy) is 1. The van der Waals surface area contributed by atoms with Gasteiger partial charge >= 0.3 is 5.97 Å². The molecular formula is C15H17NO3. The van der Waals surface area contributed by atoms with Crippen LogP contribution in [0, 0.1) is 0 Å². The zero-order valence-electron chi connectivity index (χ0n) is 10.9. The lowest BCUT2D eigenvalue weighted by atomic mass is 9.89. The fraction of sp³-hybridized carbons (Fsp3) is 0.400. The molecule has 0 fully saturated rings. The van der Waals surface area contributed by atoms with E-state index in [9.17, 15) is 4.79 Å². The molecule has 1 aromatic carbocycles. The van der Waals surface area contributed by atoms with Gasteiger partial charge in [0.1, 0.15) is 5.60 Å². The van der Waals surface area contributed by atoms with E-state index in [1.807, 2.05) is 25.1 Å². The normalized spacial score (nSPS) is 22.4. The Balaban J connectivity index is 2.06. The zero-order chi connectivity index (χ0) is 13.5. The van der Waals surface area contributed by atoms with E-state index in [-0.39, 0.29) is 6.42 Å². The van der Waals surface area contributed by atoms with Crippen LogP contribution in [0.5, 0.6) is 0 Å². The molecule has 3 rings (SSSR count). The molecular weight excluding hydrogens is 242 g/mol. The zero-order valence-corrected chi connectivity index (χ0v) is 10.9. The van der Waals surface area contributed by atoms with Crippen LogP contribution in [0.15, 0.2) is 24.3 Å². The molecule has 0 saturated heterocycles. The Morgan fingerprint density at radius 1 is 1.47 bits per heavy atom. The first-order valence-corrected chi connectivity index (χ1v) is 6.56. The number of H-pyrrole nitrogens is 1. The Bertz CT molecular complexity index is 631. The number of aromatic nitrogens is 1. The summed E-state index contributed by atoms with van der Waals surface area (Å²) in [4.78, 5) is 14.2. The van der Waals surface area contributed by atoms with E-state index in [0.29, 0.717) is 13.0 Å². The number of hydrogen-bond acceptors (Lipinski definition) is 2. The number of aromatic amines is 1. The molecule has 0 radical (unpaired) electrons. The molecule has 100 valence electrons. The molecule has 0 bridgehead atoms. The third kappa shape index (κ3) is 2.02. The molecule has 2 N–H and O–H groups in total. The van der Waals surface area contributed by atoms with Crippen molar-refractivity contribution in [1.82, 2.24) is 4.98 Å². The van der Waals surface area contributed by atoms with Crippen molar-refractivity contribution in [3.05, 3.63) is 35.5 Å². The summed E-state index contributed by atoms with van der Waals surface area (Å²) in [6, 6.07) is 8.18. The predicted octanol–water partition coefficient (Wildman–Crippen LogP) is 2.82. The average Bonchev–Trinajstić information content (AvgIpc) is 2.78. The number of rotatable bonds is 3. The lowest BCUT2D eigenvalue weighted by Crippen LogP contribution is -2.33. The van der Waals surface area contributed by atoms with E-state index >= 15 is 0 Å². The van der Waals surface area contributed by atoms with Crippen LogP contribution in [-0.4, -0.2) is 22.7 Å². The van der Waals surface area contributed by atoms with Crippen LogP contribution < -0.4 is 0 Å². The summed E-state index contributed by atoms with van der Waals surface area (Å²) in [5.41, 5.74) is 2.89. The van der Waals surface area contributed by atoms with E-state index in [2.05, 4.69) is 11.1 Å². The monoisotopic (exact) mass is 259 g/mol. The molecule has 0 saturated carbocycles. The summed E-state index contributed by atoms with van der Waals surface area (Å²) in [7, 11) is 0. The molecule has 1 unspecified atom stereocenters. The van der Waals surface area contributed by atoms with Crippen molar-refractivity contribution in [3.63, 3.8) is 0 Å². The van der Waals surface area contributed by atoms with Gasteiger partial charge in [-0.2, -0.15) is 0 Å². The largest absolute Gasteiger partial charge is 0.481 e. The molecule has 4 heteroatoms. The van der Waals surface area contributed by atoms with E-state index < -0.39 is 11.6 Å². The summed E-state index contributed by atoms with van der Waals surface area (Å²) in [5, 5.41) is 10.1. The molecule has 2 heterocycles. The Morgan fingerprint density at radius 2 is 2.26 bits per heavy atom. The number of carbonyl (C=O) groups is 1. The highest BCUT2D eigenvalue weighted by molar-refractivity contribution is 5.85. The minimum atomic E-state index is -0.784. The third-order valence-corrected chi connectivity index (χ3v) is 3.93. The first-order valence-electron chi connectivity index (χ1n) is 6.56. The Hall–Kier alpha value is -1.81. The highest BCUT2D eigenvalue weighted by Crippen LogP contribution is 2.39. The van der Waals surface area contributed by atoms with Gasteiger partial charge in [0.15, 0.2) is 0 Å². The second kappa shape index (κ2) is 4.38. The van der Waals surface area contributed by atoms with Gasteiger partial charge in [0.25, 0.3) is 0 Å². The molecule has 0 amide bonds. The van der Waals surface area contributed by atoms with Gasteiger partial charge in [-0.25, -0.2) is 0 Å². The van der Waals surface area contributed by atoms with Crippen molar-refractivity contribution < 1.29 is 14.6 Å². The van der Waals surface area contributed by atoms with Gasteiger partial charge in [0.05, 0.1) is 12.3 Å².